The zero-order valence-electron chi connectivity index (χ0n) is 24.1. The molecule has 0 saturated heterocycles. The molecule has 0 heterocycles. The highest BCUT2D eigenvalue weighted by Gasteiger charge is 1.61. The molecule has 0 bridgehead atoms. The van der Waals surface area contributed by atoms with Crippen molar-refractivity contribution in [1.29, 1.82) is 0 Å². The molecule has 0 amide bonds. The van der Waals surface area contributed by atoms with Crippen molar-refractivity contribution in [3.63, 3.8) is 0 Å². The lowest BCUT2D eigenvalue weighted by Crippen LogP contribution is -1.57. The van der Waals surface area contributed by atoms with Gasteiger partial charge in [0.25, 0.3) is 0 Å². The van der Waals surface area contributed by atoms with Crippen LogP contribution in [0.15, 0.2) is 0 Å². The normalized spacial score (nSPS) is 3.91. The Hall–Kier alpha value is -10.1. The molecule has 0 aromatic carbocycles. The zero-order chi connectivity index (χ0) is 33.8. The topological polar surface area (TPSA) is 0 Å². The van der Waals surface area contributed by atoms with Crippen molar-refractivity contribution in [3.05, 3.63) is 0 Å². The molecule has 0 spiro atoms. The predicted molar refractivity (Wildman–Crippen MR) is 186 cm³/mol. The van der Waals surface area contributed by atoms with Crippen LogP contribution >= 0.6 is 0 Å². The molecule has 192 valence electrons. The molecular formula is C47H4. The molecule has 0 N–H and O–H groups in total. The average molecular weight is 569 g/mol. The van der Waals surface area contributed by atoms with Gasteiger partial charge in [0.2, 0.25) is 0 Å². The largest absolute Gasteiger partial charge is 0.106 e. The van der Waals surface area contributed by atoms with E-state index >= 15 is 0 Å². The van der Waals surface area contributed by atoms with E-state index < -0.39 is 0 Å². The second-order valence-electron chi connectivity index (χ2n) is 5.77. The van der Waals surface area contributed by atoms with E-state index in [4.69, 9.17) is 6.42 Å². The predicted octanol–water partition coefficient (Wildman–Crippen LogP) is 0.714. The van der Waals surface area contributed by atoms with E-state index in [-0.39, 0.29) is 0 Å². The van der Waals surface area contributed by atoms with Crippen LogP contribution in [0.1, 0.15) is 6.92 Å². The third-order valence-corrected chi connectivity index (χ3v) is 2.82. The minimum atomic E-state index is 1.69. The molecule has 0 aromatic rings. The van der Waals surface area contributed by atoms with Gasteiger partial charge in [0.1, 0.15) is 0 Å². The van der Waals surface area contributed by atoms with Crippen molar-refractivity contribution in [3.8, 4) is 273 Å². The lowest BCUT2D eigenvalue weighted by Gasteiger charge is -1.57. The van der Waals surface area contributed by atoms with Crippen molar-refractivity contribution in [2.24, 2.45) is 0 Å². The fraction of sp³-hybridized carbons (Fsp3) is 0.0213. The molecule has 0 aliphatic heterocycles. The summed E-state index contributed by atoms with van der Waals surface area (Å²) in [5.41, 5.74) is 0. The molecule has 0 unspecified atom stereocenters. The lowest BCUT2D eigenvalue weighted by atomic mass is 10.4. The summed E-state index contributed by atoms with van der Waals surface area (Å²) >= 11 is 0. The molecule has 0 atom stereocenters. The van der Waals surface area contributed by atoms with Gasteiger partial charge in [-0.2, -0.15) is 0 Å². The molecule has 0 rings (SSSR count). The minimum absolute atomic E-state index is 1.69. The molecule has 0 radical (unpaired) electrons. The van der Waals surface area contributed by atoms with Crippen molar-refractivity contribution in [1.82, 2.24) is 0 Å². The van der Waals surface area contributed by atoms with E-state index in [1.54, 1.807) is 6.92 Å². The summed E-state index contributed by atoms with van der Waals surface area (Å²) in [7, 11) is 0. The Morgan fingerprint density at radius 2 is 0.277 bits per heavy atom. The van der Waals surface area contributed by atoms with Gasteiger partial charge in [-0.3, -0.25) is 0 Å². The molecule has 0 heteroatoms. The van der Waals surface area contributed by atoms with Gasteiger partial charge < -0.3 is 0 Å². The van der Waals surface area contributed by atoms with E-state index in [9.17, 15) is 0 Å². The fourth-order valence-electron chi connectivity index (χ4n) is 1.38. The third-order valence-electron chi connectivity index (χ3n) is 2.82. The summed E-state index contributed by atoms with van der Waals surface area (Å²) in [5, 5.41) is 0. The first-order valence-corrected chi connectivity index (χ1v) is 11.8. The van der Waals surface area contributed by atoms with E-state index in [0.29, 0.717) is 0 Å². The maximum Gasteiger partial charge on any atom is 0 e. The average Bonchev–Trinajstić information content (AvgIpc) is 3.08. The Balaban J connectivity index is 4.55. The van der Waals surface area contributed by atoms with Crippen LogP contribution in [0.2, 0.25) is 0 Å². The van der Waals surface area contributed by atoms with Crippen LogP contribution in [0.5, 0.6) is 0 Å². The van der Waals surface area contributed by atoms with E-state index in [1.807, 2.05) is 0 Å². The van der Waals surface area contributed by atoms with Gasteiger partial charge in [-0.05, 0) is 102 Å². The summed E-state index contributed by atoms with van der Waals surface area (Å²) in [6.45, 7) is 1.69. The van der Waals surface area contributed by atoms with Crippen LogP contribution in [-0.4, -0.2) is 0 Å². The zero-order valence-corrected chi connectivity index (χ0v) is 24.1. The van der Waals surface area contributed by atoms with Crippen LogP contribution < -0.4 is 0 Å². The SMILES string of the molecule is C#CC#CC#CC#CC#CC#CC#CC#CC#CC#CC#CC#CC#CC#CC#CC#CC#CC#CC#CC#CC#CC#CC#CC. The first kappa shape index (κ1) is 36.9. The number of terminal acetylenes is 1. The van der Waals surface area contributed by atoms with Crippen LogP contribution in [0.25, 0.3) is 0 Å². The van der Waals surface area contributed by atoms with Crippen LogP contribution in [0.3, 0.4) is 0 Å². The monoisotopic (exact) mass is 568 g/mol. The van der Waals surface area contributed by atoms with Crippen LogP contribution in [0.4, 0.5) is 0 Å². The van der Waals surface area contributed by atoms with Gasteiger partial charge in [-0.15, -0.1) is 6.42 Å². The van der Waals surface area contributed by atoms with E-state index in [1.165, 1.54) is 0 Å². The Kier molecular flexibility index (Phi) is 28.2. The third kappa shape index (κ3) is 35.9. The maximum absolute atomic E-state index is 4.94. The number of hydrogen-bond acceptors (Lipinski definition) is 0. The standard InChI is InChI=1S/C47H4/c1-3-5-7-9-11-13-15-17-19-21-23-25-27-29-31-33-35-37-39-41-43-45-47-46-44-42-40-38-36-34-32-30-28-26-24-22-20-18-16-14-12-10-8-6-4-2/h1H,2H3. The lowest BCUT2D eigenvalue weighted by molar-refractivity contribution is 1.92. The van der Waals surface area contributed by atoms with Crippen molar-refractivity contribution in [2.45, 2.75) is 6.92 Å². The van der Waals surface area contributed by atoms with Crippen LogP contribution in [0, 0.1) is 273 Å². The second-order valence-corrected chi connectivity index (χ2v) is 5.77. The first-order chi connectivity index (χ1) is 23.4. The van der Waals surface area contributed by atoms with Crippen LogP contribution in [-0.2, 0) is 0 Å². The van der Waals surface area contributed by atoms with Gasteiger partial charge in [0, 0.05) is 166 Å². The molecule has 0 fully saturated rings. The Labute approximate surface area is 279 Å². The molecule has 0 nitrogen and oxygen atoms in total. The van der Waals surface area contributed by atoms with Crippen molar-refractivity contribution < 1.29 is 0 Å². The van der Waals surface area contributed by atoms with Crippen molar-refractivity contribution in [2.75, 3.05) is 0 Å². The molecule has 47 heavy (non-hydrogen) atoms. The summed E-state index contributed by atoms with van der Waals surface area (Å²) in [6.07, 6.45) is 4.94. The Morgan fingerprint density at radius 3 is 0.383 bits per heavy atom. The van der Waals surface area contributed by atoms with Gasteiger partial charge in [0.05, 0.1) is 0 Å². The number of hydrogen-bond donors (Lipinski definition) is 0. The maximum atomic E-state index is 4.94. The molecule has 0 saturated carbocycles. The highest BCUT2D eigenvalue weighted by atomic mass is 13.6. The minimum Gasteiger partial charge on any atom is -0.106 e. The van der Waals surface area contributed by atoms with E-state index in [0.717, 1.165) is 0 Å². The van der Waals surface area contributed by atoms with Gasteiger partial charge >= 0.3 is 0 Å². The Bertz CT molecular complexity index is 2810. The Morgan fingerprint density at radius 1 is 0.170 bits per heavy atom. The molecule has 0 aromatic heterocycles. The van der Waals surface area contributed by atoms with Crippen molar-refractivity contribution >= 4 is 0 Å². The fourth-order valence-corrected chi connectivity index (χ4v) is 1.38. The molecule has 0 aliphatic carbocycles. The summed E-state index contributed by atoms with van der Waals surface area (Å²) in [4.78, 5) is 0. The number of rotatable bonds is 0. The molecule has 0 aliphatic rings. The van der Waals surface area contributed by atoms with Gasteiger partial charge in [-0.25, -0.2) is 0 Å². The first-order valence-electron chi connectivity index (χ1n) is 11.8. The highest BCUT2D eigenvalue weighted by molar-refractivity contribution is 5.50. The summed E-state index contributed by atoms with van der Waals surface area (Å²) in [5.74, 6) is 112. The van der Waals surface area contributed by atoms with Gasteiger partial charge in [0.15, 0.2) is 0 Å². The highest BCUT2D eigenvalue weighted by Crippen LogP contribution is 1.62. The summed E-state index contributed by atoms with van der Waals surface area (Å²) in [6, 6.07) is 0. The molecular weight excluding hydrogens is 565 g/mol. The van der Waals surface area contributed by atoms with E-state index in [2.05, 4.69) is 266 Å². The quantitative estimate of drug-likeness (QED) is 0.378. The summed E-state index contributed by atoms with van der Waals surface area (Å²) < 4.78 is 0. The van der Waals surface area contributed by atoms with Gasteiger partial charge in [-0.1, -0.05) is 5.92 Å². The smallest absolute Gasteiger partial charge is 0 e. The second kappa shape index (κ2) is 35.9.